The highest BCUT2D eigenvalue weighted by Gasteiger charge is 2.07. The van der Waals surface area contributed by atoms with Crippen LogP contribution in [-0.4, -0.2) is 30.4 Å². The van der Waals surface area contributed by atoms with Crippen molar-refractivity contribution in [3.8, 4) is 5.75 Å². The van der Waals surface area contributed by atoms with Crippen molar-refractivity contribution in [2.75, 3.05) is 13.3 Å². The third kappa shape index (κ3) is 4.79. The van der Waals surface area contributed by atoms with Crippen molar-refractivity contribution in [1.29, 1.82) is 0 Å². The number of aliphatic carboxylic acids is 1. The molecule has 20 heavy (non-hydrogen) atoms. The zero-order valence-electron chi connectivity index (χ0n) is 11.9. The summed E-state index contributed by atoms with van der Waals surface area (Å²) in [5.74, 6) is -0.191. The van der Waals surface area contributed by atoms with Gasteiger partial charge >= 0.3 is 12.0 Å². The van der Waals surface area contributed by atoms with Crippen molar-refractivity contribution >= 4 is 12.0 Å². The van der Waals surface area contributed by atoms with Crippen LogP contribution < -0.4 is 15.4 Å². The maximum atomic E-state index is 11.4. The molecule has 1 aromatic rings. The minimum Gasteiger partial charge on any atom is -0.481 e. The first kappa shape index (κ1) is 15.8. The van der Waals surface area contributed by atoms with Gasteiger partial charge in [0.1, 0.15) is 5.75 Å². The van der Waals surface area contributed by atoms with Crippen molar-refractivity contribution < 1.29 is 19.4 Å². The van der Waals surface area contributed by atoms with Gasteiger partial charge in [-0.2, -0.15) is 0 Å². The van der Waals surface area contributed by atoms with E-state index >= 15 is 0 Å². The molecule has 3 N–H and O–H groups in total. The van der Waals surface area contributed by atoms with Gasteiger partial charge < -0.3 is 20.5 Å². The number of aryl methyl sites for hydroxylation is 2. The van der Waals surface area contributed by atoms with E-state index < -0.39 is 12.0 Å². The largest absolute Gasteiger partial charge is 0.481 e. The molecule has 110 valence electrons. The highest BCUT2D eigenvalue weighted by Crippen LogP contribution is 2.25. The monoisotopic (exact) mass is 280 g/mol. The first-order valence-corrected chi connectivity index (χ1v) is 6.35. The number of hydrogen-bond donors (Lipinski definition) is 3. The second kappa shape index (κ2) is 7.37. The number of ether oxygens (including phenoxy) is 1. The number of carbonyl (C=O) groups is 2. The summed E-state index contributed by atoms with van der Waals surface area (Å²) in [6.07, 6.45) is -0.107. The topological polar surface area (TPSA) is 87.7 Å². The SMILES string of the molecule is Cc1ccc(C)c(OCNC(=O)NCCC(=O)O)c1C. The molecule has 6 nitrogen and oxygen atoms in total. The van der Waals surface area contributed by atoms with E-state index in [2.05, 4.69) is 10.6 Å². The number of carboxylic acids is 1. The fraction of sp³-hybridized carbons (Fsp3) is 0.429. The summed E-state index contributed by atoms with van der Waals surface area (Å²) in [4.78, 5) is 21.6. The van der Waals surface area contributed by atoms with Crippen molar-refractivity contribution in [3.63, 3.8) is 0 Å². The molecule has 0 saturated carbocycles. The van der Waals surface area contributed by atoms with Gasteiger partial charge in [-0.05, 0) is 37.5 Å². The summed E-state index contributed by atoms with van der Waals surface area (Å²) in [6.45, 7) is 6.01. The molecule has 1 rings (SSSR count). The molecule has 0 fully saturated rings. The normalized spacial score (nSPS) is 9.95. The number of hydrogen-bond acceptors (Lipinski definition) is 3. The molecule has 1 aromatic carbocycles. The van der Waals surface area contributed by atoms with E-state index in [1.807, 2.05) is 32.9 Å². The molecule has 6 heteroatoms. The van der Waals surface area contributed by atoms with Gasteiger partial charge in [0.2, 0.25) is 0 Å². The van der Waals surface area contributed by atoms with Crippen LogP contribution in [0.25, 0.3) is 0 Å². The molecule has 0 aliphatic rings. The molecule has 0 saturated heterocycles. The molecule has 0 radical (unpaired) electrons. The lowest BCUT2D eigenvalue weighted by Gasteiger charge is -2.14. The molecule has 0 aliphatic carbocycles. The molecular weight excluding hydrogens is 260 g/mol. The molecule has 0 atom stereocenters. The molecule has 0 aromatic heterocycles. The second-order valence-electron chi connectivity index (χ2n) is 4.52. The summed E-state index contributed by atoms with van der Waals surface area (Å²) in [7, 11) is 0. The van der Waals surface area contributed by atoms with Crippen LogP contribution >= 0.6 is 0 Å². The smallest absolute Gasteiger partial charge is 0.317 e. The maximum absolute atomic E-state index is 11.4. The molecule has 0 unspecified atom stereocenters. The van der Waals surface area contributed by atoms with E-state index in [9.17, 15) is 9.59 Å². The first-order valence-electron chi connectivity index (χ1n) is 6.35. The zero-order valence-corrected chi connectivity index (χ0v) is 11.9. The zero-order chi connectivity index (χ0) is 15.1. The average Bonchev–Trinajstić information content (AvgIpc) is 2.38. The van der Waals surface area contributed by atoms with Gasteiger partial charge in [0, 0.05) is 6.54 Å². The van der Waals surface area contributed by atoms with E-state index in [-0.39, 0.29) is 19.7 Å². The Morgan fingerprint density at radius 2 is 1.80 bits per heavy atom. The number of rotatable bonds is 6. The Morgan fingerprint density at radius 1 is 1.15 bits per heavy atom. The van der Waals surface area contributed by atoms with Crippen molar-refractivity contribution in [1.82, 2.24) is 10.6 Å². The van der Waals surface area contributed by atoms with E-state index in [4.69, 9.17) is 9.84 Å². The fourth-order valence-electron chi connectivity index (χ4n) is 1.67. The molecule has 0 bridgehead atoms. The van der Waals surface area contributed by atoms with Gasteiger partial charge in [-0.15, -0.1) is 0 Å². The Balaban J connectivity index is 2.39. The Labute approximate surface area is 118 Å². The molecule has 0 aliphatic heterocycles. The van der Waals surface area contributed by atoms with Crippen LogP contribution in [-0.2, 0) is 4.79 Å². The van der Waals surface area contributed by atoms with Crippen molar-refractivity contribution in [2.24, 2.45) is 0 Å². The highest BCUT2D eigenvalue weighted by atomic mass is 16.5. The lowest BCUT2D eigenvalue weighted by Crippen LogP contribution is -2.38. The molecule has 0 spiro atoms. The number of amides is 2. The number of nitrogens with one attached hydrogen (secondary N) is 2. The minimum atomic E-state index is -0.951. The third-order valence-electron chi connectivity index (χ3n) is 2.95. The van der Waals surface area contributed by atoms with Crippen LogP contribution in [0.1, 0.15) is 23.1 Å². The van der Waals surface area contributed by atoms with Crippen molar-refractivity contribution in [2.45, 2.75) is 27.2 Å². The van der Waals surface area contributed by atoms with Gasteiger partial charge in [-0.1, -0.05) is 12.1 Å². The standard InChI is InChI=1S/C14H20N2O4/c1-9-4-5-10(2)13(11(9)3)20-8-16-14(19)15-7-6-12(17)18/h4-5H,6-8H2,1-3H3,(H,17,18)(H2,15,16,19). The van der Waals surface area contributed by atoms with E-state index in [1.54, 1.807) is 0 Å². The highest BCUT2D eigenvalue weighted by molar-refractivity contribution is 5.74. The summed E-state index contributed by atoms with van der Waals surface area (Å²) < 4.78 is 5.56. The Morgan fingerprint density at radius 3 is 2.45 bits per heavy atom. The summed E-state index contributed by atoms with van der Waals surface area (Å²) in [5.41, 5.74) is 3.16. The predicted octanol–water partition coefficient (Wildman–Crippen LogP) is 1.72. The summed E-state index contributed by atoms with van der Waals surface area (Å²) >= 11 is 0. The van der Waals surface area contributed by atoms with E-state index in [0.29, 0.717) is 0 Å². The molecule has 2 amide bonds. The number of carbonyl (C=O) groups excluding carboxylic acids is 1. The average molecular weight is 280 g/mol. The molecule has 0 heterocycles. The quantitative estimate of drug-likeness (QED) is 0.692. The van der Waals surface area contributed by atoms with Gasteiger partial charge in [-0.25, -0.2) is 4.79 Å². The Hall–Kier alpha value is -2.24. The minimum absolute atomic E-state index is 0.0318. The first-order chi connectivity index (χ1) is 9.41. The maximum Gasteiger partial charge on any atom is 0.317 e. The van der Waals surface area contributed by atoms with Crippen LogP contribution in [0.15, 0.2) is 12.1 Å². The Kier molecular flexibility index (Phi) is 5.83. The Bertz CT molecular complexity index is 500. The van der Waals surface area contributed by atoms with E-state index in [0.717, 1.165) is 22.4 Å². The van der Waals surface area contributed by atoms with Crippen LogP contribution in [0.5, 0.6) is 5.75 Å². The van der Waals surface area contributed by atoms with Crippen LogP contribution in [0.3, 0.4) is 0 Å². The van der Waals surface area contributed by atoms with Crippen molar-refractivity contribution in [3.05, 3.63) is 28.8 Å². The number of urea groups is 1. The van der Waals surface area contributed by atoms with E-state index in [1.165, 1.54) is 0 Å². The second-order valence-corrected chi connectivity index (χ2v) is 4.52. The van der Waals surface area contributed by atoms with Gasteiger partial charge in [0.05, 0.1) is 6.42 Å². The number of benzene rings is 1. The van der Waals surface area contributed by atoms with Crippen LogP contribution in [0.4, 0.5) is 4.79 Å². The van der Waals surface area contributed by atoms with Crippen LogP contribution in [0, 0.1) is 20.8 Å². The predicted molar refractivity (Wildman–Crippen MR) is 74.9 cm³/mol. The van der Waals surface area contributed by atoms with Gasteiger partial charge in [0.15, 0.2) is 6.73 Å². The fourth-order valence-corrected chi connectivity index (χ4v) is 1.67. The lowest BCUT2D eigenvalue weighted by molar-refractivity contribution is -0.136. The summed E-state index contributed by atoms with van der Waals surface area (Å²) in [5, 5.41) is 13.4. The lowest BCUT2D eigenvalue weighted by atomic mass is 10.1. The third-order valence-corrected chi connectivity index (χ3v) is 2.95. The summed E-state index contributed by atoms with van der Waals surface area (Å²) in [6, 6.07) is 3.53. The molecular formula is C14H20N2O4. The van der Waals surface area contributed by atoms with Gasteiger partial charge in [-0.3, -0.25) is 4.79 Å². The van der Waals surface area contributed by atoms with Gasteiger partial charge in [0.25, 0.3) is 0 Å². The number of carboxylic acid groups (broad SMARTS) is 1. The van der Waals surface area contributed by atoms with Crippen LogP contribution in [0.2, 0.25) is 0 Å².